The van der Waals surface area contributed by atoms with Crippen LogP contribution in [0.25, 0.3) is 0 Å². The van der Waals surface area contributed by atoms with Crippen molar-refractivity contribution in [3.63, 3.8) is 0 Å². The molecule has 0 aliphatic heterocycles. The number of rotatable bonds is 11. The summed E-state index contributed by atoms with van der Waals surface area (Å²) in [6.07, 6.45) is 0.885. The minimum atomic E-state index is -1.08. The van der Waals surface area contributed by atoms with Gasteiger partial charge in [0.25, 0.3) is 0 Å². The first-order chi connectivity index (χ1) is 13.0. The highest BCUT2D eigenvalue weighted by atomic mass is 16.5. The number of hydrogen-bond donors (Lipinski definition) is 2. The van der Waals surface area contributed by atoms with Crippen LogP contribution in [0.3, 0.4) is 0 Å². The number of ether oxygens (including phenoxy) is 1. The number of carbonyl (C=O) groups is 2. The summed E-state index contributed by atoms with van der Waals surface area (Å²) in [5.74, 6) is -2.77. The van der Waals surface area contributed by atoms with Crippen LogP contribution in [-0.2, 0) is 20.9 Å². The van der Waals surface area contributed by atoms with Crippen LogP contribution in [0.4, 0.5) is 5.69 Å². The lowest BCUT2D eigenvalue weighted by Crippen LogP contribution is -2.27. The van der Waals surface area contributed by atoms with Crippen LogP contribution in [0.15, 0.2) is 54.6 Å². The summed E-state index contributed by atoms with van der Waals surface area (Å²) in [4.78, 5) is 22.9. The van der Waals surface area contributed by atoms with E-state index in [9.17, 15) is 14.7 Å². The van der Waals surface area contributed by atoms with Gasteiger partial charge >= 0.3 is 5.97 Å². The zero-order chi connectivity index (χ0) is 19.6. The molecule has 5 heteroatoms. The molecular weight excluding hydrogens is 342 g/mol. The Bertz CT molecular complexity index is 714. The van der Waals surface area contributed by atoms with E-state index in [4.69, 9.17) is 4.74 Å². The van der Waals surface area contributed by atoms with Crippen LogP contribution < -0.4 is 5.32 Å². The van der Waals surface area contributed by atoms with Crippen LogP contribution in [0.5, 0.6) is 0 Å². The predicted molar refractivity (Wildman–Crippen MR) is 106 cm³/mol. The van der Waals surface area contributed by atoms with Crippen molar-refractivity contribution in [2.24, 2.45) is 5.92 Å². The minimum Gasteiger partial charge on any atom is -0.481 e. The molecule has 5 nitrogen and oxygen atoms in total. The Morgan fingerprint density at radius 2 is 1.74 bits per heavy atom. The molecule has 0 aliphatic rings. The first-order valence-electron chi connectivity index (χ1n) is 9.18. The summed E-state index contributed by atoms with van der Waals surface area (Å²) in [5.41, 5.74) is 2.97. The molecule has 0 aromatic heterocycles. The van der Waals surface area contributed by atoms with Gasteiger partial charge in [-0.05, 0) is 36.6 Å². The smallest absolute Gasteiger partial charge is 0.314 e. The first-order valence-corrected chi connectivity index (χ1v) is 9.18. The normalized spacial score (nSPS) is 13.0. The zero-order valence-electron chi connectivity index (χ0n) is 15.9. The first kappa shape index (κ1) is 20.6. The minimum absolute atomic E-state index is 0.326. The largest absolute Gasteiger partial charge is 0.481 e. The molecular formula is C22H27NO4. The number of aliphatic carboxylic acids is 1. The molecule has 0 radical (unpaired) electrons. The Hall–Kier alpha value is -2.66. The third-order valence-electron chi connectivity index (χ3n) is 4.55. The summed E-state index contributed by atoms with van der Waals surface area (Å²) in [6, 6.07) is 17.6. The molecule has 0 saturated carbocycles. The number of carboxylic acids is 1. The van der Waals surface area contributed by atoms with Gasteiger partial charge in [-0.15, -0.1) is 0 Å². The fourth-order valence-corrected chi connectivity index (χ4v) is 3.01. The third-order valence-corrected chi connectivity index (χ3v) is 4.55. The van der Waals surface area contributed by atoms with E-state index in [1.54, 1.807) is 6.92 Å². The van der Waals surface area contributed by atoms with E-state index >= 15 is 0 Å². The molecule has 2 unspecified atom stereocenters. The van der Waals surface area contributed by atoms with Crippen molar-refractivity contribution >= 4 is 17.4 Å². The maximum absolute atomic E-state index is 11.6. The van der Waals surface area contributed by atoms with Gasteiger partial charge in [-0.3, -0.25) is 9.59 Å². The molecule has 0 amide bonds. The van der Waals surface area contributed by atoms with Crippen LogP contribution >= 0.6 is 0 Å². The second-order valence-corrected chi connectivity index (χ2v) is 6.66. The van der Waals surface area contributed by atoms with E-state index in [1.165, 1.54) is 12.5 Å². The van der Waals surface area contributed by atoms with Crippen molar-refractivity contribution in [2.75, 3.05) is 18.5 Å². The molecule has 0 saturated heterocycles. The molecule has 0 aliphatic carbocycles. The molecule has 2 rings (SSSR count). The van der Waals surface area contributed by atoms with E-state index in [-0.39, 0.29) is 11.7 Å². The number of anilines is 1. The molecule has 2 N–H and O–H groups in total. The molecule has 27 heavy (non-hydrogen) atoms. The summed E-state index contributed by atoms with van der Waals surface area (Å²) in [5, 5.41) is 12.6. The summed E-state index contributed by atoms with van der Waals surface area (Å²) in [6.45, 7) is 5.18. The maximum Gasteiger partial charge on any atom is 0.314 e. The highest BCUT2D eigenvalue weighted by molar-refractivity contribution is 5.97. The molecule has 0 fully saturated rings. The summed E-state index contributed by atoms with van der Waals surface area (Å²) >= 11 is 0. The molecule has 144 valence electrons. The standard InChI is InChI=1S/C22H27NO4/c1-16(21(17(2)24)22(25)26)19-9-11-20(12-10-19)23-13-6-14-27-15-18-7-4-3-5-8-18/h3-5,7-12,16,21,23H,6,13-15H2,1-2H3,(H,25,26). The molecule has 0 bridgehead atoms. The Labute approximate surface area is 160 Å². The van der Waals surface area contributed by atoms with Crippen LogP contribution in [0, 0.1) is 5.92 Å². The fourth-order valence-electron chi connectivity index (χ4n) is 3.01. The molecule has 2 atom stereocenters. The Morgan fingerprint density at radius 1 is 1.07 bits per heavy atom. The Kier molecular flexibility index (Phi) is 8.01. The van der Waals surface area contributed by atoms with Gasteiger partial charge < -0.3 is 15.2 Å². The van der Waals surface area contributed by atoms with Crippen molar-refractivity contribution in [1.29, 1.82) is 0 Å². The fraction of sp³-hybridized carbons (Fsp3) is 0.364. The van der Waals surface area contributed by atoms with Gasteiger partial charge in [-0.25, -0.2) is 0 Å². The van der Waals surface area contributed by atoms with E-state index in [1.807, 2.05) is 54.6 Å². The third kappa shape index (κ3) is 6.53. The number of carboxylic acid groups (broad SMARTS) is 1. The Balaban J connectivity index is 1.73. The summed E-state index contributed by atoms with van der Waals surface area (Å²) in [7, 11) is 0. The van der Waals surface area contributed by atoms with E-state index in [0.29, 0.717) is 13.2 Å². The van der Waals surface area contributed by atoms with Gasteiger partial charge in [0.15, 0.2) is 0 Å². The monoisotopic (exact) mass is 369 g/mol. The van der Waals surface area contributed by atoms with Crippen LogP contribution in [0.2, 0.25) is 0 Å². The van der Waals surface area contributed by atoms with Gasteiger partial charge in [-0.2, -0.15) is 0 Å². The number of ketones is 1. The van der Waals surface area contributed by atoms with Gasteiger partial charge in [0.2, 0.25) is 0 Å². The number of nitrogens with one attached hydrogen (secondary N) is 1. The van der Waals surface area contributed by atoms with E-state index < -0.39 is 11.9 Å². The highest BCUT2D eigenvalue weighted by Crippen LogP contribution is 2.26. The topological polar surface area (TPSA) is 75.6 Å². The van der Waals surface area contributed by atoms with Crippen LogP contribution in [0.1, 0.15) is 37.3 Å². The lowest BCUT2D eigenvalue weighted by molar-refractivity contribution is -0.146. The number of carbonyl (C=O) groups excluding carboxylic acids is 1. The molecule has 2 aromatic carbocycles. The van der Waals surface area contributed by atoms with Gasteiger partial charge in [0, 0.05) is 24.8 Å². The lowest BCUT2D eigenvalue weighted by atomic mass is 9.85. The van der Waals surface area contributed by atoms with E-state index in [2.05, 4.69) is 5.32 Å². The van der Waals surface area contributed by atoms with Crippen LogP contribution in [-0.4, -0.2) is 30.0 Å². The second-order valence-electron chi connectivity index (χ2n) is 6.66. The van der Waals surface area contributed by atoms with Crippen molar-refractivity contribution in [2.45, 2.75) is 32.8 Å². The zero-order valence-corrected chi connectivity index (χ0v) is 15.9. The van der Waals surface area contributed by atoms with E-state index in [0.717, 1.165) is 24.2 Å². The maximum atomic E-state index is 11.6. The quantitative estimate of drug-likeness (QED) is 0.461. The van der Waals surface area contributed by atoms with Crippen molar-refractivity contribution < 1.29 is 19.4 Å². The predicted octanol–water partition coefficient (Wildman–Crippen LogP) is 4.10. The second kappa shape index (κ2) is 10.5. The van der Waals surface area contributed by atoms with Crippen molar-refractivity contribution in [3.8, 4) is 0 Å². The Morgan fingerprint density at radius 3 is 2.33 bits per heavy atom. The van der Waals surface area contributed by atoms with Gasteiger partial charge in [0.1, 0.15) is 11.7 Å². The average Bonchev–Trinajstić information content (AvgIpc) is 2.65. The number of hydrogen-bond acceptors (Lipinski definition) is 4. The van der Waals surface area contributed by atoms with Gasteiger partial charge in [0.05, 0.1) is 6.61 Å². The molecule has 2 aromatic rings. The highest BCUT2D eigenvalue weighted by Gasteiger charge is 2.30. The average molecular weight is 369 g/mol. The summed E-state index contributed by atoms with van der Waals surface area (Å²) < 4.78 is 5.65. The SMILES string of the molecule is CC(=O)C(C(=O)O)C(C)c1ccc(NCCCOCc2ccccc2)cc1. The molecule has 0 heterocycles. The molecule has 0 spiro atoms. The number of benzene rings is 2. The lowest BCUT2D eigenvalue weighted by Gasteiger charge is -2.18. The van der Waals surface area contributed by atoms with Crippen molar-refractivity contribution in [1.82, 2.24) is 0 Å². The van der Waals surface area contributed by atoms with Crippen molar-refractivity contribution in [3.05, 3.63) is 65.7 Å². The number of Topliss-reactive ketones (excluding diaryl/α,β-unsaturated/α-hetero) is 1. The van der Waals surface area contributed by atoms with Gasteiger partial charge in [-0.1, -0.05) is 49.4 Å².